The quantitative estimate of drug-likeness (QED) is 0.138. The Bertz CT molecular complexity index is 1730. The van der Waals surface area contributed by atoms with Crippen LogP contribution in [0.25, 0.3) is 21.5 Å². The van der Waals surface area contributed by atoms with E-state index in [1.54, 1.807) is 30.3 Å². The van der Waals surface area contributed by atoms with Gasteiger partial charge < -0.3 is 28.4 Å². The van der Waals surface area contributed by atoms with Crippen molar-refractivity contribution in [2.75, 3.05) is 26.4 Å². The summed E-state index contributed by atoms with van der Waals surface area (Å²) in [4.78, 5) is 29.2. The molecule has 43 heavy (non-hydrogen) atoms. The first kappa shape index (κ1) is 26.9. The van der Waals surface area contributed by atoms with E-state index in [9.17, 15) is 9.59 Å². The number of nitrogens with zero attached hydrogens (tertiary/aromatic N) is 1. The van der Waals surface area contributed by atoms with Crippen molar-refractivity contribution in [2.45, 2.75) is 19.1 Å². The van der Waals surface area contributed by atoms with Crippen LogP contribution in [0.1, 0.15) is 26.4 Å². The van der Waals surface area contributed by atoms with Crippen LogP contribution in [0.3, 0.4) is 0 Å². The van der Waals surface area contributed by atoms with Crippen molar-refractivity contribution in [3.63, 3.8) is 0 Å². The van der Waals surface area contributed by atoms with Crippen molar-refractivity contribution in [1.29, 1.82) is 0 Å². The fourth-order valence-electron chi connectivity index (χ4n) is 4.64. The van der Waals surface area contributed by atoms with Gasteiger partial charge in [-0.2, -0.15) is 0 Å². The SMILES string of the molecule is Cc1cc(Oc2ccc3cc(C(=O)OCC4CO4)ccc3c2)cc(Oc2ccc3cc(C(=O)OCC4CO4)ccc3c2)n1. The van der Waals surface area contributed by atoms with E-state index >= 15 is 0 Å². The molecule has 2 aliphatic rings. The Morgan fingerprint density at radius 1 is 0.651 bits per heavy atom. The Morgan fingerprint density at radius 2 is 1.14 bits per heavy atom. The standard InChI is InChI=1S/C34H27NO8/c1-20-10-29(42-27-8-6-21-11-25(4-2-23(21)13-27)33(36)40-18-30-16-38-30)15-32(35-20)43-28-9-7-22-12-26(5-3-24(22)14-28)34(37)41-19-31-17-39-31/h2-15,30-31H,16-19H2,1H3. The van der Waals surface area contributed by atoms with E-state index in [0.29, 0.717) is 47.5 Å². The monoisotopic (exact) mass is 577 g/mol. The number of esters is 2. The second-order valence-corrected chi connectivity index (χ2v) is 10.5. The Morgan fingerprint density at radius 3 is 1.67 bits per heavy atom. The van der Waals surface area contributed by atoms with E-state index in [4.69, 9.17) is 28.4 Å². The third-order valence-electron chi connectivity index (χ3n) is 7.06. The van der Waals surface area contributed by atoms with Crippen LogP contribution in [-0.4, -0.2) is 55.6 Å². The summed E-state index contributed by atoms with van der Waals surface area (Å²) >= 11 is 0. The number of epoxide rings is 2. The second-order valence-electron chi connectivity index (χ2n) is 10.5. The zero-order valence-electron chi connectivity index (χ0n) is 23.3. The molecule has 0 saturated carbocycles. The normalized spacial score (nSPS) is 17.0. The molecule has 2 atom stereocenters. The molecule has 216 valence electrons. The van der Waals surface area contributed by atoms with Gasteiger partial charge in [-0.05, 0) is 77.0 Å². The zero-order valence-corrected chi connectivity index (χ0v) is 23.3. The molecule has 5 aromatic rings. The van der Waals surface area contributed by atoms with Gasteiger partial charge in [0.1, 0.15) is 42.7 Å². The number of rotatable bonds is 10. The number of benzene rings is 4. The minimum Gasteiger partial charge on any atom is -0.459 e. The average molecular weight is 578 g/mol. The van der Waals surface area contributed by atoms with Crippen molar-refractivity contribution in [3.8, 4) is 23.1 Å². The molecule has 2 fully saturated rings. The average Bonchev–Trinajstić information content (AvgIpc) is 3.94. The van der Waals surface area contributed by atoms with Crippen molar-refractivity contribution < 1.29 is 38.0 Å². The number of aryl methyl sites for hydroxylation is 1. The molecule has 1 aromatic heterocycles. The van der Waals surface area contributed by atoms with Crippen LogP contribution in [0.4, 0.5) is 0 Å². The summed E-state index contributed by atoms with van der Waals surface area (Å²) in [7, 11) is 0. The van der Waals surface area contributed by atoms with Crippen molar-refractivity contribution in [1.82, 2.24) is 4.98 Å². The number of ether oxygens (including phenoxy) is 6. The molecular formula is C34H27NO8. The summed E-state index contributed by atoms with van der Waals surface area (Å²) in [5.41, 5.74) is 1.71. The van der Waals surface area contributed by atoms with Crippen LogP contribution in [0.15, 0.2) is 84.9 Å². The molecule has 0 aliphatic carbocycles. The summed E-state index contributed by atoms with van der Waals surface area (Å²) in [5.74, 6) is 1.46. The Balaban J connectivity index is 1.03. The number of aromatic nitrogens is 1. The fourth-order valence-corrected chi connectivity index (χ4v) is 4.64. The molecule has 9 nitrogen and oxygen atoms in total. The summed E-state index contributed by atoms with van der Waals surface area (Å²) in [5, 5.41) is 3.62. The van der Waals surface area contributed by atoms with E-state index in [1.165, 1.54) is 0 Å². The molecule has 3 heterocycles. The Hall–Kier alpha value is -4.99. The molecule has 0 spiro atoms. The van der Waals surface area contributed by atoms with Gasteiger partial charge in [0, 0.05) is 17.8 Å². The summed E-state index contributed by atoms with van der Waals surface area (Å²) in [6.45, 7) is 3.69. The van der Waals surface area contributed by atoms with Gasteiger partial charge >= 0.3 is 11.9 Å². The lowest BCUT2D eigenvalue weighted by Gasteiger charge is -2.11. The molecule has 9 heteroatoms. The summed E-state index contributed by atoms with van der Waals surface area (Å²) in [6, 6.07) is 25.6. The number of hydrogen-bond acceptors (Lipinski definition) is 9. The fraction of sp³-hybridized carbons (Fsp3) is 0.206. The third-order valence-corrected chi connectivity index (χ3v) is 7.06. The predicted molar refractivity (Wildman–Crippen MR) is 157 cm³/mol. The topological polar surface area (TPSA) is 109 Å². The second kappa shape index (κ2) is 11.4. The molecule has 2 saturated heterocycles. The highest BCUT2D eigenvalue weighted by Gasteiger charge is 2.25. The molecule has 0 amide bonds. The Kier molecular flexibility index (Phi) is 7.10. The van der Waals surface area contributed by atoms with Crippen LogP contribution < -0.4 is 9.47 Å². The lowest BCUT2D eigenvalue weighted by molar-refractivity contribution is 0.0469. The van der Waals surface area contributed by atoms with E-state index in [1.807, 2.05) is 61.5 Å². The number of hydrogen-bond donors (Lipinski definition) is 0. The van der Waals surface area contributed by atoms with E-state index in [2.05, 4.69) is 4.98 Å². The summed E-state index contributed by atoms with van der Waals surface area (Å²) in [6.07, 6.45) is 0.0531. The van der Waals surface area contributed by atoms with Gasteiger partial charge in [-0.3, -0.25) is 0 Å². The third kappa shape index (κ3) is 6.58. The maximum atomic E-state index is 12.3. The van der Waals surface area contributed by atoms with Gasteiger partial charge in [-0.1, -0.05) is 24.3 Å². The number of carbonyl (C=O) groups is 2. The van der Waals surface area contributed by atoms with Crippen molar-refractivity contribution in [2.24, 2.45) is 0 Å². The number of carbonyl (C=O) groups excluding carboxylic acids is 2. The van der Waals surface area contributed by atoms with Crippen LogP contribution in [-0.2, 0) is 18.9 Å². The highest BCUT2D eigenvalue weighted by molar-refractivity contribution is 5.96. The molecule has 0 N–H and O–H groups in total. The van der Waals surface area contributed by atoms with E-state index in [0.717, 1.165) is 27.2 Å². The molecule has 0 bridgehead atoms. The largest absolute Gasteiger partial charge is 0.459 e. The van der Waals surface area contributed by atoms with E-state index < -0.39 is 0 Å². The molecular weight excluding hydrogens is 550 g/mol. The molecule has 0 radical (unpaired) electrons. The maximum absolute atomic E-state index is 12.3. The lowest BCUT2D eigenvalue weighted by atomic mass is 10.1. The van der Waals surface area contributed by atoms with Gasteiger partial charge in [0.05, 0.1) is 24.3 Å². The van der Waals surface area contributed by atoms with Crippen LogP contribution in [0.2, 0.25) is 0 Å². The van der Waals surface area contributed by atoms with Gasteiger partial charge in [-0.25, -0.2) is 14.6 Å². The van der Waals surface area contributed by atoms with Gasteiger partial charge in [0.2, 0.25) is 5.88 Å². The molecule has 4 aromatic carbocycles. The van der Waals surface area contributed by atoms with Crippen LogP contribution in [0.5, 0.6) is 23.1 Å². The van der Waals surface area contributed by atoms with Crippen LogP contribution >= 0.6 is 0 Å². The minimum atomic E-state index is -0.370. The highest BCUT2D eigenvalue weighted by atomic mass is 16.6. The first-order valence-corrected chi connectivity index (χ1v) is 13.9. The van der Waals surface area contributed by atoms with Gasteiger partial charge in [0.15, 0.2) is 0 Å². The van der Waals surface area contributed by atoms with Crippen LogP contribution in [0, 0.1) is 6.92 Å². The minimum absolute atomic E-state index is 0.0258. The molecule has 2 aliphatic heterocycles. The van der Waals surface area contributed by atoms with E-state index in [-0.39, 0.29) is 37.4 Å². The van der Waals surface area contributed by atoms with Crippen molar-refractivity contribution >= 4 is 33.5 Å². The first-order valence-electron chi connectivity index (χ1n) is 13.9. The predicted octanol–water partition coefficient (Wildman–Crippen LogP) is 6.39. The molecule has 2 unspecified atom stereocenters. The zero-order chi connectivity index (χ0) is 29.3. The molecule has 7 rings (SSSR count). The Labute approximate surface area is 246 Å². The van der Waals surface area contributed by atoms with Gasteiger partial charge in [0.25, 0.3) is 0 Å². The summed E-state index contributed by atoms with van der Waals surface area (Å²) < 4.78 is 33.0. The van der Waals surface area contributed by atoms with Crippen molar-refractivity contribution in [3.05, 3.63) is 102 Å². The number of fused-ring (bicyclic) bond motifs is 2. The maximum Gasteiger partial charge on any atom is 0.338 e. The highest BCUT2D eigenvalue weighted by Crippen LogP contribution is 2.31. The van der Waals surface area contributed by atoms with Gasteiger partial charge in [-0.15, -0.1) is 0 Å². The first-order chi connectivity index (χ1) is 20.9. The lowest BCUT2D eigenvalue weighted by Crippen LogP contribution is -2.09. The smallest absolute Gasteiger partial charge is 0.338 e. The number of pyridine rings is 1.